The summed E-state index contributed by atoms with van der Waals surface area (Å²) >= 11 is 0. The normalized spacial score (nSPS) is 12.5. The molecule has 0 aliphatic heterocycles. The third-order valence-corrected chi connectivity index (χ3v) is 3.41. The zero-order chi connectivity index (χ0) is 16.6. The van der Waals surface area contributed by atoms with Gasteiger partial charge in [-0.3, -0.25) is 14.3 Å². The number of amides is 1. The Labute approximate surface area is 128 Å². The molecule has 0 unspecified atom stereocenters. The third-order valence-electron chi connectivity index (χ3n) is 2.66. The molecule has 1 atom stereocenters. The van der Waals surface area contributed by atoms with Crippen LogP contribution < -0.4 is 5.32 Å². The number of rotatable bonds is 8. The molecule has 1 amide bonds. The first-order valence-electron chi connectivity index (χ1n) is 6.62. The van der Waals surface area contributed by atoms with Crippen molar-refractivity contribution in [2.45, 2.75) is 25.8 Å². The highest BCUT2D eigenvalue weighted by molar-refractivity contribution is 7.85. The van der Waals surface area contributed by atoms with Gasteiger partial charge in [-0.1, -0.05) is 6.07 Å². The number of nitrogens with one attached hydrogen (secondary N) is 1. The van der Waals surface area contributed by atoms with Gasteiger partial charge in [0.15, 0.2) is 0 Å². The van der Waals surface area contributed by atoms with E-state index in [-0.39, 0.29) is 19.4 Å². The predicted octanol–water partition coefficient (Wildman–Crippen LogP) is -0.0501. The van der Waals surface area contributed by atoms with Gasteiger partial charge in [0.25, 0.3) is 10.1 Å². The van der Waals surface area contributed by atoms with Crippen molar-refractivity contribution in [2.75, 3.05) is 12.4 Å². The monoisotopic (exact) mass is 330 g/mol. The molecule has 0 aliphatic rings. The van der Waals surface area contributed by atoms with Crippen LogP contribution in [0.3, 0.4) is 0 Å². The Morgan fingerprint density at radius 2 is 2.18 bits per heavy atom. The Balaban J connectivity index is 2.66. The van der Waals surface area contributed by atoms with Gasteiger partial charge in [0.2, 0.25) is 5.91 Å². The van der Waals surface area contributed by atoms with E-state index in [0.717, 1.165) is 0 Å². The molecule has 1 aromatic heterocycles. The summed E-state index contributed by atoms with van der Waals surface area (Å²) in [6, 6.07) is 2.24. The highest BCUT2D eigenvalue weighted by atomic mass is 32.2. The van der Waals surface area contributed by atoms with Crippen LogP contribution in [0, 0.1) is 0 Å². The maximum atomic E-state index is 11.9. The molecule has 1 rings (SSSR count). The van der Waals surface area contributed by atoms with Crippen molar-refractivity contribution in [1.82, 2.24) is 10.3 Å². The average molecular weight is 330 g/mol. The van der Waals surface area contributed by atoms with Crippen molar-refractivity contribution in [3.63, 3.8) is 0 Å². The number of esters is 1. The summed E-state index contributed by atoms with van der Waals surface area (Å²) in [5.74, 6) is -1.86. The van der Waals surface area contributed by atoms with Crippen LogP contribution in [0.4, 0.5) is 0 Å². The summed E-state index contributed by atoms with van der Waals surface area (Å²) in [7, 11) is -4.23. The van der Waals surface area contributed by atoms with Gasteiger partial charge in [-0.05, 0) is 25.0 Å². The molecule has 2 N–H and O–H groups in total. The van der Waals surface area contributed by atoms with Gasteiger partial charge in [0, 0.05) is 12.4 Å². The maximum Gasteiger partial charge on any atom is 0.328 e. The van der Waals surface area contributed by atoms with Crippen molar-refractivity contribution < 1.29 is 27.3 Å². The SMILES string of the molecule is CCOC(=O)[C@H](CCS(=O)(=O)O)NC(=O)Cc1cccnc1. The average Bonchev–Trinajstić information content (AvgIpc) is 2.43. The lowest BCUT2D eigenvalue weighted by molar-refractivity contribution is -0.147. The predicted molar refractivity (Wildman–Crippen MR) is 77.5 cm³/mol. The smallest absolute Gasteiger partial charge is 0.328 e. The Kier molecular flexibility index (Phi) is 6.93. The topological polar surface area (TPSA) is 123 Å². The van der Waals surface area contributed by atoms with E-state index in [2.05, 4.69) is 10.3 Å². The molecule has 1 aromatic rings. The minimum Gasteiger partial charge on any atom is -0.464 e. The van der Waals surface area contributed by atoms with Crippen LogP contribution in [-0.2, 0) is 30.9 Å². The highest BCUT2D eigenvalue weighted by Gasteiger charge is 2.24. The molecule has 8 nitrogen and oxygen atoms in total. The van der Waals surface area contributed by atoms with E-state index in [1.54, 1.807) is 25.3 Å². The Hall–Kier alpha value is -2.00. The number of carbonyl (C=O) groups is 2. The van der Waals surface area contributed by atoms with E-state index in [1.165, 1.54) is 6.20 Å². The van der Waals surface area contributed by atoms with E-state index >= 15 is 0 Å². The number of carbonyl (C=O) groups excluding carboxylic acids is 2. The molecule has 0 saturated carbocycles. The van der Waals surface area contributed by atoms with Crippen LogP contribution in [0.25, 0.3) is 0 Å². The summed E-state index contributed by atoms with van der Waals surface area (Å²) in [6.07, 6.45) is 2.80. The van der Waals surface area contributed by atoms with E-state index in [4.69, 9.17) is 9.29 Å². The van der Waals surface area contributed by atoms with Crippen molar-refractivity contribution >= 4 is 22.0 Å². The van der Waals surface area contributed by atoms with Gasteiger partial charge >= 0.3 is 5.97 Å². The number of hydrogen-bond acceptors (Lipinski definition) is 6. The van der Waals surface area contributed by atoms with Crippen LogP contribution in [0.5, 0.6) is 0 Å². The summed E-state index contributed by atoms with van der Waals surface area (Å²) in [5, 5.41) is 2.41. The number of hydrogen-bond donors (Lipinski definition) is 2. The van der Waals surface area contributed by atoms with Gasteiger partial charge in [0.05, 0.1) is 18.8 Å². The van der Waals surface area contributed by atoms with Crippen molar-refractivity contribution in [2.24, 2.45) is 0 Å². The molecule has 0 radical (unpaired) electrons. The number of nitrogens with zero attached hydrogens (tertiary/aromatic N) is 1. The first-order valence-corrected chi connectivity index (χ1v) is 8.23. The molecule has 22 heavy (non-hydrogen) atoms. The molecule has 122 valence electrons. The quantitative estimate of drug-likeness (QED) is 0.506. The largest absolute Gasteiger partial charge is 0.464 e. The molecule has 0 aliphatic carbocycles. The fourth-order valence-corrected chi connectivity index (χ4v) is 2.23. The molecule has 0 bridgehead atoms. The summed E-state index contributed by atoms with van der Waals surface area (Å²) in [4.78, 5) is 27.5. The number of aromatic nitrogens is 1. The van der Waals surface area contributed by atoms with Crippen LogP contribution in [0.1, 0.15) is 18.9 Å². The fourth-order valence-electron chi connectivity index (χ4n) is 1.69. The second kappa shape index (κ2) is 8.44. The van der Waals surface area contributed by atoms with Gasteiger partial charge in [-0.2, -0.15) is 8.42 Å². The van der Waals surface area contributed by atoms with Crippen LogP contribution in [-0.4, -0.2) is 48.2 Å². The van der Waals surface area contributed by atoms with Crippen LogP contribution in [0.2, 0.25) is 0 Å². The summed E-state index contributed by atoms with van der Waals surface area (Å²) in [5.41, 5.74) is 0.650. The fraction of sp³-hybridized carbons (Fsp3) is 0.462. The second-order valence-corrected chi connectivity index (χ2v) is 6.06. The lowest BCUT2D eigenvalue weighted by Crippen LogP contribution is -2.43. The van der Waals surface area contributed by atoms with E-state index in [0.29, 0.717) is 5.56 Å². The first-order chi connectivity index (χ1) is 10.3. The molecule has 0 spiro atoms. The summed E-state index contributed by atoms with van der Waals surface area (Å²) in [6.45, 7) is 1.69. The molecular formula is C13H18N2O6S. The molecule has 1 heterocycles. The number of pyridine rings is 1. The third kappa shape index (κ3) is 7.14. The highest BCUT2D eigenvalue weighted by Crippen LogP contribution is 2.02. The van der Waals surface area contributed by atoms with Gasteiger partial charge in [0.1, 0.15) is 6.04 Å². The van der Waals surface area contributed by atoms with Crippen molar-refractivity contribution in [3.8, 4) is 0 Å². The van der Waals surface area contributed by atoms with Gasteiger partial charge in [-0.15, -0.1) is 0 Å². The van der Waals surface area contributed by atoms with Gasteiger partial charge < -0.3 is 10.1 Å². The van der Waals surface area contributed by atoms with Gasteiger partial charge in [-0.25, -0.2) is 4.79 Å². The van der Waals surface area contributed by atoms with E-state index in [1.807, 2.05) is 0 Å². The summed E-state index contributed by atoms with van der Waals surface area (Å²) < 4.78 is 35.1. The molecule has 0 saturated heterocycles. The standard InChI is InChI=1S/C13H18N2O6S/c1-2-21-13(17)11(5-7-22(18,19)20)15-12(16)8-10-4-3-6-14-9-10/h3-4,6,9,11H,2,5,7-8H2,1H3,(H,15,16)(H,18,19,20)/t11-/m0/s1. The number of ether oxygens (including phenoxy) is 1. The minimum absolute atomic E-state index is 0.00435. The Bertz CT molecular complexity index is 602. The molecule has 0 aromatic carbocycles. The lowest BCUT2D eigenvalue weighted by atomic mass is 10.1. The maximum absolute atomic E-state index is 11.9. The Morgan fingerprint density at radius 1 is 1.45 bits per heavy atom. The van der Waals surface area contributed by atoms with Crippen molar-refractivity contribution in [3.05, 3.63) is 30.1 Å². The van der Waals surface area contributed by atoms with E-state index in [9.17, 15) is 18.0 Å². The second-order valence-electron chi connectivity index (χ2n) is 4.48. The zero-order valence-corrected chi connectivity index (χ0v) is 12.9. The van der Waals surface area contributed by atoms with E-state index < -0.39 is 33.8 Å². The van der Waals surface area contributed by atoms with Crippen LogP contribution >= 0.6 is 0 Å². The Morgan fingerprint density at radius 3 is 2.73 bits per heavy atom. The minimum atomic E-state index is -4.23. The molecule has 0 fully saturated rings. The molecule has 9 heteroatoms. The van der Waals surface area contributed by atoms with Crippen LogP contribution in [0.15, 0.2) is 24.5 Å². The molecular weight excluding hydrogens is 312 g/mol. The van der Waals surface area contributed by atoms with Crippen molar-refractivity contribution in [1.29, 1.82) is 0 Å². The first kappa shape index (κ1) is 18.1. The zero-order valence-electron chi connectivity index (χ0n) is 12.1. The lowest BCUT2D eigenvalue weighted by Gasteiger charge is -2.16.